The van der Waals surface area contributed by atoms with Gasteiger partial charge in [-0.1, -0.05) is 39.3 Å². The molecular weight excluding hydrogens is 196 g/mol. The Labute approximate surface area is 99.8 Å². The van der Waals surface area contributed by atoms with Gasteiger partial charge in [0.1, 0.15) is 5.75 Å². The summed E-state index contributed by atoms with van der Waals surface area (Å²) in [6.45, 7) is 6.98. The van der Waals surface area contributed by atoms with Crippen molar-refractivity contribution in [1.29, 1.82) is 0 Å². The highest BCUT2D eigenvalue weighted by Gasteiger charge is 2.09. The second kappa shape index (κ2) is 6.57. The van der Waals surface area contributed by atoms with E-state index in [1.807, 2.05) is 12.1 Å². The minimum absolute atomic E-state index is 0.812. The van der Waals surface area contributed by atoms with Gasteiger partial charge in [-0.2, -0.15) is 0 Å². The van der Waals surface area contributed by atoms with Gasteiger partial charge in [-0.15, -0.1) is 0 Å². The zero-order valence-electron chi connectivity index (χ0n) is 11.0. The van der Waals surface area contributed by atoms with Gasteiger partial charge in [0.15, 0.2) is 0 Å². The summed E-state index contributed by atoms with van der Waals surface area (Å²) in [5.74, 6) is 2.59. The fourth-order valence-electron chi connectivity index (χ4n) is 1.87. The molecule has 16 heavy (non-hydrogen) atoms. The third-order valence-electron chi connectivity index (χ3n) is 3.66. The minimum Gasteiger partial charge on any atom is -0.497 e. The molecule has 0 radical (unpaired) electrons. The van der Waals surface area contributed by atoms with Crippen LogP contribution in [0.15, 0.2) is 24.3 Å². The van der Waals surface area contributed by atoms with Gasteiger partial charge < -0.3 is 4.74 Å². The molecule has 0 aliphatic rings. The Morgan fingerprint density at radius 1 is 1.06 bits per heavy atom. The molecule has 0 amide bonds. The Bertz CT molecular complexity index is 289. The van der Waals surface area contributed by atoms with Crippen molar-refractivity contribution in [1.82, 2.24) is 0 Å². The van der Waals surface area contributed by atoms with E-state index in [1.54, 1.807) is 7.11 Å². The van der Waals surface area contributed by atoms with E-state index in [4.69, 9.17) is 4.74 Å². The summed E-state index contributed by atoms with van der Waals surface area (Å²) in [7, 11) is 1.71. The van der Waals surface area contributed by atoms with E-state index in [9.17, 15) is 0 Å². The monoisotopic (exact) mass is 220 g/mol. The molecule has 0 spiro atoms. The second-order valence-electron chi connectivity index (χ2n) is 4.75. The van der Waals surface area contributed by atoms with Crippen molar-refractivity contribution in [3.05, 3.63) is 29.8 Å². The number of hydrogen-bond acceptors (Lipinski definition) is 1. The Morgan fingerprint density at radius 2 is 1.69 bits per heavy atom. The molecule has 0 aliphatic heterocycles. The molecule has 2 unspecified atom stereocenters. The standard InChI is InChI=1S/C15H24O/c1-5-12(2)13(3)6-7-14-8-10-15(16-4)11-9-14/h8-13H,5-7H2,1-4H3. The molecule has 1 nitrogen and oxygen atoms in total. The van der Waals surface area contributed by atoms with Gasteiger partial charge in [0, 0.05) is 0 Å². The molecule has 0 N–H and O–H groups in total. The first-order chi connectivity index (χ1) is 7.67. The summed E-state index contributed by atoms with van der Waals surface area (Å²) in [5.41, 5.74) is 1.41. The lowest BCUT2D eigenvalue weighted by atomic mass is 9.88. The van der Waals surface area contributed by atoms with Gasteiger partial charge in [0.05, 0.1) is 7.11 Å². The lowest BCUT2D eigenvalue weighted by molar-refractivity contribution is 0.355. The Morgan fingerprint density at radius 3 is 2.19 bits per heavy atom. The van der Waals surface area contributed by atoms with Crippen LogP contribution in [0.1, 0.15) is 39.2 Å². The van der Waals surface area contributed by atoms with Gasteiger partial charge in [-0.3, -0.25) is 0 Å². The minimum atomic E-state index is 0.812. The molecule has 1 aromatic rings. The summed E-state index contributed by atoms with van der Waals surface area (Å²) >= 11 is 0. The molecule has 0 saturated carbocycles. The Kier molecular flexibility index (Phi) is 5.37. The van der Waals surface area contributed by atoms with Gasteiger partial charge >= 0.3 is 0 Å². The molecule has 1 heteroatoms. The average Bonchev–Trinajstić information content (AvgIpc) is 2.35. The Balaban J connectivity index is 2.42. The number of benzene rings is 1. The van der Waals surface area contributed by atoms with Crippen molar-refractivity contribution in [2.45, 2.75) is 40.0 Å². The first-order valence-electron chi connectivity index (χ1n) is 6.30. The zero-order chi connectivity index (χ0) is 12.0. The fraction of sp³-hybridized carbons (Fsp3) is 0.600. The van der Waals surface area contributed by atoms with Crippen LogP contribution in [0.3, 0.4) is 0 Å². The van der Waals surface area contributed by atoms with Crippen LogP contribution in [-0.4, -0.2) is 7.11 Å². The maximum absolute atomic E-state index is 5.15. The van der Waals surface area contributed by atoms with E-state index >= 15 is 0 Å². The molecule has 0 aliphatic carbocycles. The van der Waals surface area contributed by atoms with Crippen LogP contribution in [0.5, 0.6) is 5.75 Å². The van der Waals surface area contributed by atoms with Crippen LogP contribution in [-0.2, 0) is 6.42 Å². The number of aryl methyl sites for hydroxylation is 1. The summed E-state index contributed by atoms with van der Waals surface area (Å²) in [4.78, 5) is 0. The summed E-state index contributed by atoms with van der Waals surface area (Å²) in [6.07, 6.45) is 3.74. The number of hydrogen-bond donors (Lipinski definition) is 0. The largest absolute Gasteiger partial charge is 0.497 e. The van der Waals surface area contributed by atoms with Crippen molar-refractivity contribution in [3.63, 3.8) is 0 Å². The SMILES string of the molecule is CCC(C)C(C)CCc1ccc(OC)cc1. The molecule has 0 fully saturated rings. The number of rotatable bonds is 6. The van der Waals surface area contributed by atoms with Crippen LogP contribution in [0.4, 0.5) is 0 Å². The van der Waals surface area contributed by atoms with Gasteiger partial charge in [0.25, 0.3) is 0 Å². The van der Waals surface area contributed by atoms with Crippen LogP contribution >= 0.6 is 0 Å². The molecule has 1 aromatic carbocycles. The lowest BCUT2D eigenvalue weighted by Gasteiger charge is -2.17. The third-order valence-corrected chi connectivity index (χ3v) is 3.66. The molecule has 90 valence electrons. The highest BCUT2D eigenvalue weighted by atomic mass is 16.5. The molecular formula is C15H24O. The van der Waals surface area contributed by atoms with Gasteiger partial charge in [-0.05, 0) is 42.4 Å². The first-order valence-corrected chi connectivity index (χ1v) is 6.30. The van der Waals surface area contributed by atoms with E-state index in [1.165, 1.54) is 24.8 Å². The Hall–Kier alpha value is -0.980. The molecule has 2 atom stereocenters. The maximum atomic E-state index is 5.15. The zero-order valence-corrected chi connectivity index (χ0v) is 11.0. The predicted molar refractivity (Wildman–Crippen MR) is 69.9 cm³/mol. The number of ether oxygens (including phenoxy) is 1. The predicted octanol–water partition coefficient (Wildman–Crippen LogP) is 4.31. The summed E-state index contributed by atoms with van der Waals surface area (Å²) < 4.78 is 5.15. The molecule has 0 bridgehead atoms. The van der Waals surface area contributed by atoms with Crippen molar-refractivity contribution in [3.8, 4) is 5.75 Å². The van der Waals surface area contributed by atoms with E-state index < -0.39 is 0 Å². The highest BCUT2D eigenvalue weighted by Crippen LogP contribution is 2.21. The van der Waals surface area contributed by atoms with Crippen LogP contribution in [0, 0.1) is 11.8 Å². The maximum Gasteiger partial charge on any atom is 0.118 e. The summed E-state index contributed by atoms with van der Waals surface area (Å²) in [6, 6.07) is 8.43. The van der Waals surface area contributed by atoms with Crippen molar-refractivity contribution in [2.24, 2.45) is 11.8 Å². The normalized spacial score (nSPS) is 14.5. The number of methoxy groups -OCH3 is 1. The first kappa shape index (κ1) is 13.1. The van der Waals surface area contributed by atoms with Crippen LogP contribution < -0.4 is 4.74 Å². The van der Waals surface area contributed by atoms with E-state index in [0.29, 0.717) is 0 Å². The average molecular weight is 220 g/mol. The van der Waals surface area contributed by atoms with Gasteiger partial charge in [0.2, 0.25) is 0 Å². The highest BCUT2D eigenvalue weighted by molar-refractivity contribution is 5.27. The van der Waals surface area contributed by atoms with Crippen LogP contribution in [0.2, 0.25) is 0 Å². The van der Waals surface area contributed by atoms with E-state index in [-0.39, 0.29) is 0 Å². The van der Waals surface area contributed by atoms with Crippen molar-refractivity contribution >= 4 is 0 Å². The van der Waals surface area contributed by atoms with Gasteiger partial charge in [-0.25, -0.2) is 0 Å². The molecule has 0 aromatic heterocycles. The molecule has 0 heterocycles. The quantitative estimate of drug-likeness (QED) is 0.694. The fourth-order valence-corrected chi connectivity index (χ4v) is 1.87. The molecule has 1 rings (SSSR count). The second-order valence-corrected chi connectivity index (χ2v) is 4.75. The van der Waals surface area contributed by atoms with E-state index in [2.05, 4.69) is 32.9 Å². The van der Waals surface area contributed by atoms with E-state index in [0.717, 1.165) is 17.6 Å². The van der Waals surface area contributed by atoms with Crippen molar-refractivity contribution < 1.29 is 4.74 Å². The van der Waals surface area contributed by atoms with Crippen molar-refractivity contribution in [2.75, 3.05) is 7.11 Å². The lowest BCUT2D eigenvalue weighted by Crippen LogP contribution is -2.07. The smallest absolute Gasteiger partial charge is 0.118 e. The molecule has 0 saturated heterocycles. The summed E-state index contributed by atoms with van der Waals surface area (Å²) in [5, 5.41) is 0. The third kappa shape index (κ3) is 3.88. The topological polar surface area (TPSA) is 9.23 Å². The van der Waals surface area contributed by atoms with Crippen LogP contribution in [0.25, 0.3) is 0 Å².